The summed E-state index contributed by atoms with van der Waals surface area (Å²) >= 11 is 0. The van der Waals surface area contributed by atoms with Gasteiger partial charge in [0, 0.05) is 16.8 Å². The summed E-state index contributed by atoms with van der Waals surface area (Å²) in [5.41, 5.74) is 10.2. The number of aromatic nitrogens is 2. The molecule has 0 saturated carbocycles. The number of imidazole rings is 1. The molecule has 1 fully saturated rings. The number of benzene rings is 1. The molecule has 2 aliphatic rings. The predicted molar refractivity (Wildman–Crippen MR) is 134 cm³/mol. The third-order valence-electron chi connectivity index (χ3n) is 6.95. The smallest absolute Gasteiger partial charge is 0.291 e. The van der Waals surface area contributed by atoms with Crippen LogP contribution in [-0.2, 0) is 0 Å². The number of nitrogens with two attached hydrogens (primary N) is 1. The number of allylic oxidation sites excluding steroid dienone is 2. The Hall–Kier alpha value is -2.99. The molecule has 8 nitrogen and oxygen atoms in total. The first-order valence-corrected chi connectivity index (χ1v) is 12.5. The Balaban J connectivity index is 1.51. The van der Waals surface area contributed by atoms with Crippen molar-refractivity contribution in [1.29, 1.82) is 5.26 Å². The van der Waals surface area contributed by atoms with Crippen LogP contribution in [0, 0.1) is 11.3 Å². The van der Waals surface area contributed by atoms with Crippen molar-refractivity contribution in [1.82, 2.24) is 14.9 Å². The number of aromatic amines is 1. The van der Waals surface area contributed by atoms with Crippen molar-refractivity contribution < 1.29 is 9.90 Å². The van der Waals surface area contributed by atoms with Crippen molar-refractivity contribution in [3.63, 3.8) is 0 Å². The van der Waals surface area contributed by atoms with Gasteiger partial charge < -0.3 is 26.0 Å². The van der Waals surface area contributed by atoms with E-state index in [4.69, 9.17) is 11.0 Å². The highest BCUT2D eigenvalue weighted by Gasteiger charge is 2.25. The van der Waals surface area contributed by atoms with Crippen LogP contribution in [0.4, 0.5) is 5.69 Å². The fourth-order valence-corrected chi connectivity index (χ4v) is 5.05. The lowest BCUT2D eigenvalue weighted by molar-refractivity contribution is -0.462. The van der Waals surface area contributed by atoms with Gasteiger partial charge in [-0.05, 0) is 101 Å². The Morgan fingerprint density at radius 2 is 2.14 bits per heavy atom. The lowest BCUT2D eigenvalue weighted by Gasteiger charge is -2.44. The van der Waals surface area contributed by atoms with E-state index in [-0.39, 0.29) is 17.4 Å². The van der Waals surface area contributed by atoms with Gasteiger partial charge in [0.05, 0.1) is 6.20 Å². The molecule has 35 heavy (non-hydrogen) atoms. The topological polar surface area (TPSA) is 134 Å². The van der Waals surface area contributed by atoms with Crippen LogP contribution in [0.3, 0.4) is 0 Å². The highest BCUT2D eigenvalue weighted by molar-refractivity contribution is 6.03. The molecule has 1 aliphatic carbocycles. The number of rotatable bonds is 7. The van der Waals surface area contributed by atoms with Crippen molar-refractivity contribution in [3.8, 4) is 6.07 Å². The highest BCUT2D eigenvalue weighted by Crippen LogP contribution is 2.36. The number of amides is 1. The summed E-state index contributed by atoms with van der Waals surface area (Å²) in [6.45, 7) is 5.35. The van der Waals surface area contributed by atoms with Crippen LogP contribution in [0.2, 0.25) is 0 Å². The monoisotopic (exact) mass is 475 g/mol. The fraction of sp³-hybridized carbons (Fsp3) is 0.519. The first kappa shape index (κ1) is 25.1. The third-order valence-corrected chi connectivity index (χ3v) is 6.95. The summed E-state index contributed by atoms with van der Waals surface area (Å²) in [4.78, 5) is 21.6. The number of carbonyl (C=O) groups excluding carboxylic acids is 1. The third kappa shape index (κ3) is 6.37. The van der Waals surface area contributed by atoms with Gasteiger partial charge in [-0.15, -0.1) is 0 Å². The molecule has 1 saturated heterocycles. The summed E-state index contributed by atoms with van der Waals surface area (Å²) in [5.74, 6) is 0.129. The van der Waals surface area contributed by atoms with Crippen LogP contribution in [-0.4, -0.2) is 45.6 Å². The molecule has 0 bridgehead atoms. The van der Waals surface area contributed by atoms with Crippen molar-refractivity contribution in [2.24, 2.45) is 5.73 Å². The van der Waals surface area contributed by atoms with Crippen LogP contribution in [0.5, 0.6) is 0 Å². The zero-order chi connectivity index (χ0) is 25.0. The zero-order valence-corrected chi connectivity index (χ0v) is 20.6. The number of hydrogen-bond acceptors (Lipinski definition) is 6. The molecule has 1 atom stereocenters. The van der Waals surface area contributed by atoms with Gasteiger partial charge >= 0.3 is 0 Å². The molecule has 1 aromatic heterocycles. The predicted octanol–water partition coefficient (Wildman–Crippen LogP) is 3.48. The molecule has 1 unspecified atom stereocenters. The van der Waals surface area contributed by atoms with Gasteiger partial charge in [-0.2, -0.15) is 5.26 Å². The Morgan fingerprint density at radius 3 is 2.77 bits per heavy atom. The molecular formula is C27H35N6O2-. The SMILES string of the molecule is CC(C)(N)CC([O-])N1CCC(c2ccc(NC(=O)c3ncc(C#N)[nH]3)c(C3=CCCCC3)c2)CC1. The average Bonchev–Trinajstić information content (AvgIpc) is 3.34. The molecule has 1 aliphatic heterocycles. The summed E-state index contributed by atoms with van der Waals surface area (Å²) < 4.78 is 0. The molecule has 1 amide bonds. The maximum atomic E-state index is 12.8. The minimum Gasteiger partial charge on any atom is -0.841 e. The number of piperidine rings is 1. The molecule has 4 rings (SSSR count). The van der Waals surface area contributed by atoms with E-state index in [1.54, 1.807) is 0 Å². The van der Waals surface area contributed by atoms with Crippen LogP contribution in [0.1, 0.15) is 92.2 Å². The Morgan fingerprint density at radius 1 is 1.37 bits per heavy atom. The van der Waals surface area contributed by atoms with Crippen LogP contribution in [0.15, 0.2) is 30.5 Å². The molecule has 0 spiro atoms. The molecule has 8 heteroatoms. The Kier molecular flexibility index (Phi) is 7.70. The maximum absolute atomic E-state index is 12.8. The molecule has 2 heterocycles. The summed E-state index contributed by atoms with van der Waals surface area (Å²) in [6, 6.07) is 8.24. The first-order valence-electron chi connectivity index (χ1n) is 12.5. The van der Waals surface area contributed by atoms with Gasteiger partial charge in [-0.3, -0.25) is 4.79 Å². The minimum absolute atomic E-state index is 0.120. The van der Waals surface area contributed by atoms with E-state index in [0.717, 1.165) is 56.4 Å². The van der Waals surface area contributed by atoms with E-state index in [1.807, 2.05) is 30.9 Å². The lowest BCUT2D eigenvalue weighted by atomic mass is 9.85. The second kappa shape index (κ2) is 10.7. The van der Waals surface area contributed by atoms with Gasteiger partial charge in [-0.25, -0.2) is 4.98 Å². The van der Waals surface area contributed by atoms with Crippen molar-refractivity contribution >= 4 is 17.2 Å². The molecule has 4 N–H and O–H groups in total. The van der Waals surface area contributed by atoms with E-state index in [1.165, 1.54) is 23.8 Å². The van der Waals surface area contributed by atoms with E-state index < -0.39 is 11.8 Å². The quantitative estimate of drug-likeness (QED) is 0.561. The molecule has 2 aromatic rings. The van der Waals surface area contributed by atoms with Gasteiger partial charge in [0.25, 0.3) is 5.91 Å². The molecule has 0 radical (unpaired) electrons. The van der Waals surface area contributed by atoms with Gasteiger partial charge in [0.15, 0.2) is 5.82 Å². The summed E-state index contributed by atoms with van der Waals surface area (Å²) in [5, 5.41) is 24.7. The van der Waals surface area contributed by atoms with Crippen molar-refractivity contribution in [3.05, 3.63) is 53.1 Å². The first-order chi connectivity index (χ1) is 16.7. The average molecular weight is 476 g/mol. The van der Waals surface area contributed by atoms with E-state index in [9.17, 15) is 9.90 Å². The van der Waals surface area contributed by atoms with Crippen LogP contribution in [0.25, 0.3) is 5.57 Å². The Bertz CT molecular complexity index is 1120. The van der Waals surface area contributed by atoms with Crippen molar-refractivity contribution in [2.45, 2.75) is 76.5 Å². The number of H-pyrrole nitrogens is 1. The number of anilines is 1. The lowest BCUT2D eigenvalue weighted by Crippen LogP contribution is -2.53. The standard InChI is InChI=1S/C27H35N6O2/c1-27(2,29)15-24(34)33-12-10-18(11-13-33)20-8-9-23(22(14-20)19-6-4-3-5-7-19)32-26(35)25-30-17-21(16-28)31-25/h6,8-9,14,17-18,24H,3-5,7,10-13,15,29H2,1-2H3,(H,30,31)(H,32,35)/q-1. The van der Waals surface area contributed by atoms with Gasteiger partial charge in [0.1, 0.15) is 11.8 Å². The maximum Gasteiger partial charge on any atom is 0.291 e. The van der Waals surface area contributed by atoms with Gasteiger partial charge in [0.2, 0.25) is 0 Å². The van der Waals surface area contributed by atoms with Crippen LogP contribution < -0.4 is 16.2 Å². The highest BCUT2D eigenvalue weighted by atomic mass is 16.3. The van der Waals surface area contributed by atoms with E-state index in [0.29, 0.717) is 12.3 Å². The van der Waals surface area contributed by atoms with Gasteiger partial charge in [-0.1, -0.05) is 18.4 Å². The summed E-state index contributed by atoms with van der Waals surface area (Å²) in [6.07, 6.45) is 9.50. The normalized spacial score (nSPS) is 18.5. The molecule has 1 aromatic carbocycles. The summed E-state index contributed by atoms with van der Waals surface area (Å²) in [7, 11) is 0. The number of nitrogens with zero attached hydrogens (tertiary/aromatic N) is 3. The molecule has 186 valence electrons. The number of likely N-dealkylation sites (tertiary alicyclic amines) is 1. The number of carbonyl (C=O) groups is 1. The number of hydrogen-bond donors (Lipinski definition) is 3. The van der Waals surface area contributed by atoms with Crippen molar-refractivity contribution in [2.75, 3.05) is 18.4 Å². The number of nitrogens with one attached hydrogen (secondary N) is 2. The number of nitriles is 1. The molecular weight excluding hydrogens is 440 g/mol. The van der Waals surface area contributed by atoms with E-state index >= 15 is 0 Å². The zero-order valence-electron chi connectivity index (χ0n) is 20.6. The second-order valence-electron chi connectivity index (χ2n) is 10.4. The fourth-order valence-electron chi connectivity index (χ4n) is 5.05. The minimum atomic E-state index is -0.764. The largest absolute Gasteiger partial charge is 0.841 e. The Labute approximate surface area is 207 Å². The van der Waals surface area contributed by atoms with Crippen LogP contribution >= 0.6 is 0 Å². The second-order valence-corrected chi connectivity index (χ2v) is 10.4. The van der Waals surface area contributed by atoms with E-state index in [2.05, 4.69) is 33.5 Å².